The van der Waals surface area contributed by atoms with Gasteiger partial charge in [0.1, 0.15) is 11.5 Å². The number of nitrogens with two attached hydrogens (primary N) is 1. The lowest BCUT2D eigenvalue weighted by Gasteiger charge is -2.09. The van der Waals surface area contributed by atoms with Crippen molar-refractivity contribution in [2.75, 3.05) is 0 Å². The molecule has 1 aromatic carbocycles. The molecular formula is C13H13N3O. The molecule has 4 heteroatoms. The van der Waals surface area contributed by atoms with Crippen LogP contribution in [0.5, 0.6) is 0 Å². The summed E-state index contributed by atoms with van der Waals surface area (Å²) in [5.74, 6) is 0.0217. The summed E-state index contributed by atoms with van der Waals surface area (Å²) in [6.45, 7) is 3.56. The molecule has 86 valence electrons. The molecule has 4 nitrogen and oxygen atoms in total. The molecule has 1 amide bonds. The van der Waals surface area contributed by atoms with Gasteiger partial charge < -0.3 is 5.73 Å². The lowest BCUT2D eigenvalue weighted by Crippen LogP contribution is -2.17. The summed E-state index contributed by atoms with van der Waals surface area (Å²) in [7, 11) is 0. The highest BCUT2D eigenvalue weighted by Crippen LogP contribution is 2.22. The molecule has 0 aliphatic heterocycles. The van der Waals surface area contributed by atoms with Crippen molar-refractivity contribution >= 4 is 5.91 Å². The Bertz CT molecular complexity index is 564. The number of hydrogen-bond acceptors (Lipinski definition) is 3. The second kappa shape index (κ2) is 4.33. The van der Waals surface area contributed by atoms with E-state index >= 15 is 0 Å². The SMILES string of the molecule is Cc1nc(C(N)=O)c(C)c(-c2ccccc2)n1. The van der Waals surface area contributed by atoms with Gasteiger partial charge in [0.25, 0.3) is 5.91 Å². The van der Waals surface area contributed by atoms with Crippen molar-refractivity contribution < 1.29 is 4.79 Å². The van der Waals surface area contributed by atoms with Crippen LogP contribution >= 0.6 is 0 Å². The van der Waals surface area contributed by atoms with E-state index in [1.165, 1.54) is 0 Å². The molecule has 0 radical (unpaired) electrons. The van der Waals surface area contributed by atoms with Gasteiger partial charge in [-0.25, -0.2) is 9.97 Å². The second-order valence-electron chi connectivity index (χ2n) is 3.82. The lowest BCUT2D eigenvalue weighted by atomic mass is 10.1. The number of hydrogen-bond donors (Lipinski definition) is 1. The zero-order chi connectivity index (χ0) is 12.4. The minimum absolute atomic E-state index is 0.288. The van der Waals surface area contributed by atoms with Gasteiger partial charge in [0.2, 0.25) is 0 Å². The highest BCUT2D eigenvalue weighted by atomic mass is 16.1. The maximum atomic E-state index is 11.3. The summed E-state index contributed by atoms with van der Waals surface area (Å²) in [5, 5.41) is 0. The molecule has 0 spiro atoms. The van der Waals surface area contributed by atoms with E-state index in [0.717, 1.165) is 11.3 Å². The smallest absolute Gasteiger partial charge is 0.267 e. The normalized spacial score (nSPS) is 10.2. The van der Waals surface area contributed by atoms with Crippen molar-refractivity contribution in [3.05, 3.63) is 47.4 Å². The summed E-state index contributed by atoms with van der Waals surface area (Å²) in [6, 6.07) is 9.67. The first-order chi connectivity index (χ1) is 8.09. The predicted octanol–water partition coefficient (Wildman–Crippen LogP) is 1.86. The number of aryl methyl sites for hydroxylation is 1. The Morgan fingerprint density at radius 3 is 2.35 bits per heavy atom. The average Bonchev–Trinajstić information content (AvgIpc) is 2.32. The number of carbonyl (C=O) groups excluding carboxylic acids is 1. The molecule has 1 heterocycles. The Hall–Kier alpha value is -2.23. The molecule has 2 aromatic rings. The fraction of sp³-hybridized carbons (Fsp3) is 0.154. The van der Waals surface area contributed by atoms with E-state index in [-0.39, 0.29) is 5.69 Å². The number of carbonyl (C=O) groups is 1. The molecule has 0 saturated carbocycles. The summed E-state index contributed by atoms with van der Waals surface area (Å²) in [5.41, 5.74) is 8.02. The fourth-order valence-electron chi connectivity index (χ4n) is 1.75. The van der Waals surface area contributed by atoms with Crippen LogP contribution < -0.4 is 5.73 Å². The van der Waals surface area contributed by atoms with E-state index in [2.05, 4.69) is 9.97 Å². The third-order valence-corrected chi connectivity index (χ3v) is 2.54. The van der Waals surface area contributed by atoms with Gasteiger partial charge in [0.15, 0.2) is 0 Å². The Balaban J connectivity index is 2.67. The standard InChI is InChI=1S/C13H13N3O/c1-8-11(10-6-4-3-5-7-10)15-9(2)16-12(8)13(14)17/h3-7H,1-2H3,(H2,14,17). The van der Waals surface area contributed by atoms with Gasteiger partial charge in [0, 0.05) is 11.1 Å². The number of aromatic nitrogens is 2. The Kier molecular flexibility index (Phi) is 2.87. The highest BCUT2D eigenvalue weighted by molar-refractivity contribution is 5.93. The zero-order valence-electron chi connectivity index (χ0n) is 9.77. The molecule has 0 aliphatic rings. The molecule has 1 aromatic heterocycles. The van der Waals surface area contributed by atoms with Crippen LogP contribution in [0.25, 0.3) is 11.3 Å². The molecule has 2 rings (SSSR count). The predicted molar refractivity (Wildman–Crippen MR) is 65.5 cm³/mol. The molecule has 0 aliphatic carbocycles. The minimum Gasteiger partial charge on any atom is -0.364 e. The van der Waals surface area contributed by atoms with Crippen LogP contribution in [0.1, 0.15) is 21.9 Å². The third-order valence-electron chi connectivity index (χ3n) is 2.54. The molecule has 2 N–H and O–H groups in total. The first kappa shape index (κ1) is 11.3. The molecule has 0 bridgehead atoms. The van der Waals surface area contributed by atoms with Gasteiger partial charge in [-0.1, -0.05) is 30.3 Å². The zero-order valence-corrected chi connectivity index (χ0v) is 9.77. The van der Waals surface area contributed by atoms with Crippen molar-refractivity contribution in [1.29, 1.82) is 0 Å². The van der Waals surface area contributed by atoms with Crippen LogP contribution in [0.4, 0.5) is 0 Å². The summed E-state index contributed by atoms with van der Waals surface area (Å²) >= 11 is 0. The van der Waals surface area contributed by atoms with E-state index < -0.39 is 5.91 Å². The Labute approximate surface area is 99.5 Å². The van der Waals surface area contributed by atoms with Crippen LogP contribution in [0, 0.1) is 13.8 Å². The number of amides is 1. The van der Waals surface area contributed by atoms with Gasteiger partial charge >= 0.3 is 0 Å². The Morgan fingerprint density at radius 2 is 1.76 bits per heavy atom. The number of rotatable bonds is 2. The van der Waals surface area contributed by atoms with Gasteiger partial charge in [-0.3, -0.25) is 4.79 Å². The molecule has 0 fully saturated rings. The summed E-state index contributed by atoms with van der Waals surface area (Å²) in [4.78, 5) is 19.7. The molecule has 0 atom stereocenters. The summed E-state index contributed by atoms with van der Waals surface area (Å²) < 4.78 is 0. The van der Waals surface area contributed by atoms with E-state index in [9.17, 15) is 4.79 Å². The van der Waals surface area contributed by atoms with Crippen molar-refractivity contribution in [2.45, 2.75) is 13.8 Å². The number of primary amides is 1. The number of nitrogens with zero attached hydrogens (tertiary/aromatic N) is 2. The largest absolute Gasteiger partial charge is 0.364 e. The maximum absolute atomic E-state index is 11.3. The maximum Gasteiger partial charge on any atom is 0.267 e. The lowest BCUT2D eigenvalue weighted by molar-refractivity contribution is 0.0994. The average molecular weight is 227 g/mol. The van der Waals surface area contributed by atoms with Crippen molar-refractivity contribution in [3.63, 3.8) is 0 Å². The number of benzene rings is 1. The third kappa shape index (κ3) is 2.15. The van der Waals surface area contributed by atoms with Crippen LogP contribution in [0.15, 0.2) is 30.3 Å². The monoisotopic (exact) mass is 227 g/mol. The fourth-order valence-corrected chi connectivity index (χ4v) is 1.75. The van der Waals surface area contributed by atoms with Crippen LogP contribution in [0.2, 0.25) is 0 Å². The molecule has 0 saturated heterocycles. The van der Waals surface area contributed by atoms with Crippen LogP contribution in [-0.4, -0.2) is 15.9 Å². The van der Waals surface area contributed by atoms with Crippen LogP contribution in [0.3, 0.4) is 0 Å². The van der Waals surface area contributed by atoms with Crippen molar-refractivity contribution in [1.82, 2.24) is 9.97 Å². The quantitative estimate of drug-likeness (QED) is 0.851. The molecular weight excluding hydrogens is 214 g/mol. The first-order valence-corrected chi connectivity index (χ1v) is 5.30. The second-order valence-corrected chi connectivity index (χ2v) is 3.82. The topological polar surface area (TPSA) is 68.9 Å². The highest BCUT2D eigenvalue weighted by Gasteiger charge is 2.14. The van der Waals surface area contributed by atoms with E-state index in [1.807, 2.05) is 37.3 Å². The minimum atomic E-state index is -0.523. The van der Waals surface area contributed by atoms with Gasteiger partial charge in [-0.05, 0) is 13.8 Å². The van der Waals surface area contributed by atoms with Crippen molar-refractivity contribution in [3.8, 4) is 11.3 Å². The molecule has 0 unspecified atom stereocenters. The molecule has 17 heavy (non-hydrogen) atoms. The van der Waals surface area contributed by atoms with Gasteiger partial charge in [-0.2, -0.15) is 0 Å². The van der Waals surface area contributed by atoms with Gasteiger partial charge in [0.05, 0.1) is 5.69 Å². The van der Waals surface area contributed by atoms with Gasteiger partial charge in [-0.15, -0.1) is 0 Å². The van der Waals surface area contributed by atoms with E-state index in [1.54, 1.807) is 6.92 Å². The van der Waals surface area contributed by atoms with Crippen molar-refractivity contribution in [2.24, 2.45) is 5.73 Å². The van der Waals surface area contributed by atoms with Crippen LogP contribution in [-0.2, 0) is 0 Å². The van der Waals surface area contributed by atoms with E-state index in [4.69, 9.17) is 5.73 Å². The van der Waals surface area contributed by atoms with E-state index in [0.29, 0.717) is 11.4 Å². The summed E-state index contributed by atoms with van der Waals surface area (Å²) in [6.07, 6.45) is 0. The Morgan fingerprint density at radius 1 is 1.12 bits per heavy atom. The first-order valence-electron chi connectivity index (χ1n) is 5.30.